The summed E-state index contributed by atoms with van der Waals surface area (Å²) in [6.45, 7) is 6.23. The highest BCUT2D eigenvalue weighted by molar-refractivity contribution is 4.93. The first-order valence-corrected chi connectivity index (χ1v) is 8.58. The molecule has 0 radical (unpaired) electrons. The van der Waals surface area contributed by atoms with Gasteiger partial charge in [0.2, 0.25) is 0 Å². The van der Waals surface area contributed by atoms with Crippen LogP contribution in [0.4, 0.5) is 0 Å². The molecule has 0 spiro atoms. The quantitative estimate of drug-likeness (QED) is 0.367. The van der Waals surface area contributed by atoms with Crippen molar-refractivity contribution in [3.05, 3.63) is 12.7 Å². The van der Waals surface area contributed by atoms with Crippen molar-refractivity contribution in [3.8, 4) is 6.07 Å². The van der Waals surface area contributed by atoms with E-state index in [-0.39, 0.29) is 5.92 Å². The maximum Gasteiger partial charge on any atom is 0.0656 e. The molecular formula is C18H32N2. The normalized spacial score (nSPS) is 24.6. The molecule has 3 unspecified atom stereocenters. The molecule has 0 heterocycles. The van der Waals surface area contributed by atoms with Gasteiger partial charge in [0.15, 0.2) is 0 Å². The Morgan fingerprint density at radius 3 is 2.70 bits per heavy atom. The van der Waals surface area contributed by atoms with Crippen molar-refractivity contribution in [2.24, 2.45) is 5.92 Å². The van der Waals surface area contributed by atoms with Gasteiger partial charge in [-0.05, 0) is 25.7 Å². The topological polar surface area (TPSA) is 35.8 Å². The minimum absolute atomic E-state index is 0.255. The molecule has 20 heavy (non-hydrogen) atoms. The molecular weight excluding hydrogens is 244 g/mol. The number of rotatable bonds is 9. The van der Waals surface area contributed by atoms with Crippen LogP contribution in [0.25, 0.3) is 0 Å². The summed E-state index contributed by atoms with van der Waals surface area (Å²) in [5, 5.41) is 12.9. The summed E-state index contributed by atoms with van der Waals surface area (Å²) in [5.41, 5.74) is 0. The Balaban J connectivity index is 2.27. The van der Waals surface area contributed by atoms with Crippen molar-refractivity contribution >= 4 is 0 Å². The highest BCUT2D eigenvalue weighted by Crippen LogP contribution is 2.23. The van der Waals surface area contributed by atoms with E-state index >= 15 is 0 Å². The van der Waals surface area contributed by atoms with Gasteiger partial charge >= 0.3 is 0 Å². The van der Waals surface area contributed by atoms with E-state index in [1.807, 2.05) is 0 Å². The molecule has 0 saturated heterocycles. The SMILES string of the molecule is C=CC(CCCCCCC)NC1CCCCC(C#N)C1. The Bertz CT molecular complexity index is 292. The molecule has 0 aromatic carbocycles. The molecule has 1 saturated carbocycles. The van der Waals surface area contributed by atoms with Crippen LogP contribution in [-0.4, -0.2) is 12.1 Å². The largest absolute Gasteiger partial charge is 0.308 e. The zero-order chi connectivity index (χ0) is 14.6. The van der Waals surface area contributed by atoms with Crippen molar-refractivity contribution in [1.29, 1.82) is 5.26 Å². The molecule has 1 aliphatic carbocycles. The second-order valence-corrected chi connectivity index (χ2v) is 6.25. The maximum absolute atomic E-state index is 9.15. The van der Waals surface area contributed by atoms with Crippen molar-refractivity contribution in [2.75, 3.05) is 0 Å². The molecule has 0 aliphatic heterocycles. The van der Waals surface area contributed by atoms with E-state index in [1.54, 1.807) is 0 Å². The second kappa shape index (κ2) is 10.9. The lowest BCUT2D eigenvalue weighted by atomic mass is 9.98. The molecule has 1 rings (SSSR count). The molecule has 114 valence electrons. The van der Waals surface area contributed by atoms with Gasteiger partial charge in [0.25, 0.3) is 0 Å². The standard InChI is InChI=1S/C18H32N2/c1-3-5-6-7-8-12-17(4-2)20-18-13-10-9-11-16(14-18)15-19/h4,16-18,20H,2-3,5-14H2,1H3. The van der Waals surface area contributed by atoms with Crippen molar-refractivity contribution in [2.45, 2.75) is 89.6 Å². The van der Waals surface area contributed by atoms with E-state index in [0.717, 1.165) is 12.8 Å². The number of unbranched alkanes of at least 4 members (excludes halogenated alkanes) is 4. The second-order valence-electron chi connectivity index (χ2n) is 6.25. The number of nitrogens with one attached hydrogen (secondary N) is 1. The van der Waals surface area contributed by atoms with E-state index in [0.29, 0.717) is 12.1 Å². The van der Waals surface area contributed by atoms with Gasteiger partial charge < -0.3 is 5.32 Å². The fraction of sp³-hybridized carbons (Fsp3) is 0.833. The van der Waals surface area contributed by atoms with Crippen LogP contribution in [0.2, 0.25) is 0 Å². The summed E-state index contributed by atoms with van der Waals surface area (Å²) >= 11 is 0. The van der Waals surface area contributed by atoms with Gasteiger partial charge in [0.05, 0.1) is 6.07 Å². The van der Waals surface area contributed by atoms with Gasteiger partial charge in [-0.25, -0.2) is 0 Å². The summed E-state index contributed by atoms with van der Waals surface area (Å²) in [7, 11) is 0. The molecule has 2 nitrogen and oxygen atoms in total. The molecule has 1 N–H and O–H groups in total. The zero-order valence-corrected chi connectivity index (χ0v) is 13.2. The minimum Gasteiger partial charge on any atom is -0.308 e. The molecule has 0 aromatic heterocycles. The van der Waals surface area contributed by atoms with E-state index < -0.39 is 0 Å². The van der Waals surface area contributed by atoms with E-state index in [2.05, 4.69) is 31.0 Å². The summed E-state index contributed by atoms with van der Waals surface area (Å²) < 4.78 is 0. The van der Waals surface area contributed by atoms with Gasteiger partial charge in [0, 0.05) is 18.0 Å². The average molecular weight is 276 g/mol. The smallest absolute Gasteiger partial charge is 0.0656 e. The van der Waals surface area contributed by atoms with Crippen molar-refractivity contribution in [3.63, 3.8) is 0 Å². The highest BCUT2D eigenvalue weighted by atomic mass is 14.9. The number of nitriles is 1. The van der Waals surface area contributed by atoms with Crippen LogP contribution in [0.1, 0.15) is 77.6 Å². The Morgan fingerprint density at radius 1 is 1.25 bits per heavy atom. The minimum atomic E-state index is 0.255. The zero-order valence-electron chi connectivity index (χ0n) is 13.2. The van der Waals surface area contributed by atoms with Gasteiger partial charge in [-0.2, -0.15) is 5.26 Å². The van der Waals surface area contributed by atoms with Crippen LogP contribution in [0, 0.1) is 17.2 Å². The summed E-state index contributed by atoms with van der Waals surface area (Å²) in [6, 6.07) is 3.41. The lowest BCUT2D eigenvalue weighted by Crippen LogP contribution is -2.37. The summed E-state index contributed by atoms with van der Waals surface area (Å²) in [5.74, 6) is 0.255. The van der Waals surface area contributed by atoms with Crippen LogP contribution in [0.3, 0.4) is 0 Å². The number of nitrogens with zero attached hydrogens (tertiary/aromatic N) is 1. The van der Waals surface area contributed by atoms with Crippen LogP contribution in [-0.2, 0) is 0 Å². The summed E-state index contributed by atoms with van der Waals surface area (Å²) in [4.78, 5) is 0. The Labute approximate surface area is 125 Å². The van der Waals surface area contributed by atoms with Gasteiger partial charge in [-0.3, -0.25) is 0 Å². The molecule has 1 fully saturated rings. The molecule has 0 aromatic rings. The lowest BCUT2D eigenvalue weighted by molar-refractivity contribution is 0.387. The van der Waals surface area contributed by atoms with Gasteiger partial charge in [0.1, 0.15) is 0 Å². The third-order valence-electron chi connectivity index (χ3n) is 4.46. The van der Waals surface area contributed by atoms with E-state index in [4.69, 9.17) is 5.26 Å². The van der Waals surface area contributed by atoms with E-state index in [9.17, 15) is 0 Å². The van der Waals surface area contributed by atoms with Gasteiger partial charge in [-0.1, -0.05) is 57.9 Å². The van der Waals surface area contributed by atoms with Crippen LogP contribution in [0.5, 0.6) is 0 Å². The van der Waals surface area contributed by atoms with Crippen molar-refractivity contribution < 1.29 is 0 Å². The number of hydrogen-bond donors (Lipinski definition) is 1. The maximum atomic E-state index is 9.15. The molecule has 1 aliphatic rings. The highest BCUT2D eigenvalue weighted by Gasteiger charge is 2.21. The molecule has 3 atom stereocenters. The first-order chi connectivity index (χ1) is 9.80. The Hall–Kier alpha value is -0.810. The van der Waals surface area contributed by atoms with Crippen molar-refractivity contribution in [1.82, 2.24) is 5.32 Å². The molecule has 2 heteroatoms. The third kappa shape index (κ3) is 7.10. The van der Waals surface area contributed by atoms with Crippen LogP contribution >= 0.6 is 0 Å². The number of hydrogen-bond acceptors (Lipinski definition) is 2. The fourth-order valence-corrected chi connectivity index (χ4v) is 3.17. The third-order valence-corrected chi connectivity index (χ3v) is 4.46. The monoisotopic (exact) mass is 276 g/mol. The van der Waals surface area contributed by atoms with E-state index in [1.165, 1.54) is 57.8 Å². The molecule has 0 bridgehead atoms. The Morgan fingerprint density at radius 2 is 2.00 bits per heavy atom. The fourth-order valence-electron chi connectivity index (χ4n) is 3.17. The average Bonchev–Trinajstić information content (AvgIpc) is 2.70. The van der Waals surface area contributed by atoms with Crippen LogP contribution < -0.4 is 5.32 Å². The van der Waals surface area contributed by atoms with Gasteiger partial charge in [-0.15, -0.1) is 6.58 Å². The van der Waals surface area contributed by atoms with Crippen LogP contribution in [0.15, 0.2) is 12.7 Å². The predicted octanol–water partition coefficient (Wildman–Crippen LogP) is 4.96. The lowest BCUT2D eigenvalue weighted by Gasteiger charge is -2.23. The Kier molecular flexibility index (Phi) is 9.41. The molecule has 0 amide bonds. The first kappa shape index (κ1) is 17.2. The summed E-state index contributed by atoms with van der Waals surface area (Å²) in [6.07, 6.45) is 15.7. The predicted molar refractivity (Wildman–Crippen MR) is 86.5 cm³/mol. The first-order valence-electron chi connectivity index (χ1n) is 8.58.